The maximum absolute atomic E-state index is 12.8. The van der Waals surface area contributed by atoms with Crippen LogP contribution in [0.1, 0.15) is 25.3 Å². The van der Waals surface area contributed by atoms with Crippen LogP contribution in [0.4, 0.5) is 0 Å². The molecule has 2 saturated heterocycles. The predicted octanol–water partition coefficient (Wildman–Crippen LogP) is 1.36. The van der Waals surface area contributed by atoms with Crippen molar-refractivity contribution in [2.24, 2.45) is 0 Å². The summed E-state index contributed by atoms with van der Waals surface area (Å²) in [4.78, 5) is 0. The Kier molecular flexibility index (Phi) is 5.06. The van der Waals surface area contributed by atoms with Gasteiger partial charge >= 0.3 is 0 Å². The Morgan fingerprint density at radius 2 is 2.13 bits per heavy atom. The average molecular weight is 338 g/mol. The first-order chi connectivity index (χ1) is 11.0. The number of benzene rings is 1. The summed E-state index contributed by atoms with van der Waals surface area (Å²) in [5, 5.41) is 3.19. The highest BCUT2D eigenvalue weighted by molar-refractivity contribution is 7.89. The van der Waals surface area contributed by atoms with Gasteiger partial charge in [-0.2, -0.15) is 0 Å². The highest BCUT2D eigenvalue weighted by Gasteiger charge is 2.38. The predicted molar refractivity (Wildman–Crippen MR) is 91.0 cm³/mol. The molecule has 2 atom stereocenters. The van der Waals surface area contributed by atoms with Gasteiger partial charge in [-0.15, -0.1) is 0 Å². The molecule has 2 aliphatic rings. The Morgan fingerprint density at radius 3 is 2.83 bits per heavy atom. The van der Waals surface area contributed by atoms with E-state index in [1.807, 2.05) is 18.2 Å². The van der Waals surface area contributed by atoms with Gasteiger partial charge in [0.05, 0.1) is 18.5 Å². The molecule has 0 aliphatic carbocycles. The summed E-state index contributed by atoms with van der Waals surface area (Å²) in [7, 11) is -3.29. The van der Waals surface area contributed by atoms with Crippen molar-refractivity contribution in [3.63, 3.8) is 0 Å². The van der Waals surface area contributed by atoms with Crippen LogP contribution in [0.5, 0.6) is 0 Å². The van der Waals surface area contributed by atoms with Crippen molar-refractivity contribution in [1.82, 2.24) is 9.62 Å². The second kappa shape index (κ2) is 6.89. The van der Waals surface area contributed by atoms with Gasteiger partial charge < -0.3 is 10.1 Å². The Labute approximate surface area is 139 Å². The van der Waals surface area contributed by atoms with Crippen LogP contribution in [0, 0.1) is 0 Å². The molecule has 1 aromatic carbocycles. The Bertz CT molecular complexity index is 614. The second-order valence-electron chi connectivity index (χ2n) is 6.84. The van der Waals surface area contributed by atoms with Crippen LogP contribution in [0.2, 0.25) is 0 Å². The minimum Gasteiger partial charge on any atom is -0.374 e. The van der Waals surface area contributed by atoms with Crippen molar-refractivity contribution in [3.8, 4) is 0 Å². The van der Waals surface area contributed by atoms with E-state index in [0.717, 1.165) is 19.4 Å². The molecular weight excluding hydrogens is 312 g/mol. The van der Waals surface area contributed by atoms with E-state index >= 15 is 0 Å². The van der Waals surface area contributed by atoms with Crippen LogP contribution < -0.4 is 5.32 Å². The maximum Gasteiger partial charge on any atom is 0.216 e. The normalized spacial score (nSPS) is 30.2. The van der Waals surface area contributed by atoms with Gasteiger partial charge in [0.25, 0.3) is 0 Å². The van der Waals surface area contributed by atoms with E-state index in [-0.39, 0.29) is 17.3 Å². The molecule has 0 spiro atoms. The van der Waals surface area contributed by atoms with Crippen LogP contribution in [-0.2, 0) is 20.2 Å². The zero-order valence-electron chi connectivity index (χ0n) is 13.7. The Balaban J connectivity index is 1.72. The largest absolute Gasteiger partial charge is 0.374 e. The molecule has 3 rings (SSSR count). The summed E-state index contributed by atoms with van der Waals surface area (Å²) in [6.07, 6.45) is 1.68. The van der Waals surface area contributed by atoms with Crippen LogP contribution >= 0.6 is 0 Å². The summed E-state index contributed by atoms with van der Waals surface area (Å²) in [5.74, 6) is 0.0743. The minimum absolute atomic E-state index is 0.0743. The first-order valence-corrected chi connectivity index (χ1v) is 9.96. The van der Waals surface area contributed by atoms with Crippen LogP contribution in [0.3, 0.4) is 0 Å². The molecule has 2 unspecified atom stereocenters. The average Bonchev–Trinajstić information content (AvgIpc) is 2.56. The molecule has 0 saturated carbocycles. The van der Waals surface area contributed by atoms with Gasteiger partial charge in [0.1, 0.15) is 0 Å². The molecule has 5 nitrogen and oxygen atoms in total. The van der Waals surface area contributed by atoms with Crippen LogP contribution in [-0.4, -0.2) is 57.4 Å². The highest BCUT2D eigenvalue weighted by Crippen LogP contribution is 2.34. The van der Waals surface area contributed by atoms with Crippen molar-refractivity contribution < 1.29 is 13.2 Å². The van der Waals surface area contributed by atoms with Gasteiger partial charge in [0.15, 0.2) is 0 Å². The summed E-state index contributed by atoms with van der Waals surface area (Å²) in [5.41, 5.74) is 1.11. The fraction of sp³-hybridized carbons (Fsp3) is 0.647. The van der Waals surface area contributed by atoms with Crippen molar-refractivity contribution in [3.05, 3.63) is 35.9 Å². The molecule has 2 heterocycles. The van der Waals surface area contributed by atoms with E-state index in [9.17, 15) is 8.42 Å². The molecule has 0 bridgehead atoms. The lowest BCUT2D eigenvalue weighted by molar-refractivity contribution is 0.0421. The number of hydrogen-bond donors (Lipinski definition) is 1. The molecule has 1 N–H and O–H groups in total. The first-order valence-electron chi connectivity index (χ1n) is 8.35. The Morgan fingerprint density at radius 1 is 1.35 bits per heavy atom. The summed E-state index contributed by atoms with van der Waals surface area (Å²) in [6.45, 7) is 5.34. The van der Waals surface area contributed by atoms with Crippen LogP contribution in [0.15, 0.2) is 30.3 Å². The third-order valence-corrected chi connectivity index (χ3v) is 6.82. The highest BCUT2D eigenvalue weighted by atomic mass is 32.2. The van der Waals surface area contributed by atoms with E-state index in [2.05, 4.69) is 24.4 Å². The van der Waals surface area contributed by atoms with E-state index in [4.69, 9.17) is 4.74 Å². The van der Waals surface area contributed by atoms with Crippen molar-refractivity contribution in [1.29, 1.82) is 0 Å². The SMILES string of the molecule is CC1(c2ccccc2)CCCN(S(=O)(=O)CC2CNCCO2)C1. The van der Waals surface area contributed by atoms with Crippen molar-refractivity contribution in [2.45, 2.75) is 31.3 Å². The van der Waals surface area contributed by atoms with E-state index in [1.54, 1.807) is 4.31 Å². The maximum atomic E-state index is 12.8. The number of hydrogen-bond acceptors (Lipinski definition) is 4. The van der Waals surface area contributed by atoms with Gasteiger partial charge in [-0.1, -0.05) is 37.3 Å². The zero-order valence-corrected chi connectivity index (χ0v) is 14.5. The van der Waals surface area contributed by atoms with E-state index in [1.165, 1.54) is 5.56 Å². The van der Waals surface area contributed by atoms with Gasteiger partial charge in [-0.05, 0) is 18.4 Å². The molecule has 128 valence electrons. The monoisotopic (exact) mass is 338 g/mol. The molecule has 1 aromatic rings. The van der Waals surface area contributed by atoms with Gasteiger partial charge in [0, 0.05) is 31.6 Å². The fourth-order valence-electron chi connectivity index (χ4n) is 3.57. The Hall–Kier alpha value is -0.950. The molecule has 2 aliphatic heterocycles. The standard InChI is InChI=1S/C17H26N2O3S/c1-17(15-6-3-2-4-7-15)8-5-10-19(14-17)23(20,21)13-16-12-18-9-11-22-16/h2-4,6-7,16,18H,5,8-14H2,1H3. The second-order valence-corrected chi connectivity index (χ2v) is 8.85. The smallest absolute Gasteiger partial charge is 0.216 e. The molecule has 23 heavy (non-hydrogen) atoms. The zero-order chi connectivity index (χ0) is 16.3. The molecule has 2 fully saturated rings. The number of morpholine rings is 1. The van der Waals surface area contributed by atoms with E-state index in [0.29, 0.717) is 26.2 Å². The van der Waals surface area contributed by atoms with Gasteiger partial charge in [-0.3, -0.25) is 0 Å². The number of rotatable bonds is 4. The molecular formula is C17H26N2O3S. The number of sulfonamides is 1. The van der Waals surface area contributed by atoms with Gasteiger partial charge in [-0.25, -0.2) is 12.7 Å². The molecule has 0 amide bonds. The molecule has 0 aromatic heterocycles. The number of nitrogens with one attached hydrogen (secondary N) is 1. The third kappa shape index (κ3) is 3.94. The van der Waals surface area contributed by atoms with Crippen molar-refractivity contribution in [2.75, 3.05) is 38.5 Å². The summed E-state index contributed by atoms with van der Waals surface area (Å²) >= 11 is 0. The number of ether oxygens (including phenoxy) is 1. The number of piperidine rings is 1. The lowest BCUT2D eigenvalue weighted by Gasteiger charge is -2.40. The van der Waals surface area contributed by atoms with Crippen LogP contribution in [0.25, 0.3) is 0 Å². The topological polar surface area (TPSA) is 58.6 Å². The lowest BCUT2D eigenvalue weighted by atomic mass is 9.77. The van der Waals surface area contributed by atoms with Gasteiger partial charge in [0.2, 0.25) is 10.0 Å². The third-order valence-electron chi connectivity index (χ3n) is 4.93. The lowest BCUT2D eigenvalue weighted by Crippen LogP contribution is -2.50. The minimum atomic E-state index is -3.29. The van der Waals surface area contributed by atoms with Crippen molar-refractivity contribution >= 4 is 10.0 Å². The fourth-order valence-corrected chi connectivity index (χ4v) is 5.36. The van der Waals surface area contributed by atoms with E-state index < -0.39 is 10.0 Å². The number of nitrogens with zero attached hydrogens (tertiary/aromatic N) is 1. The molecule has 6 heteroatoms. The molecule has 0 radical (unpaired) electrons. The first kappa shape index (κ1) is 16.9. The summed E-state index contributed by atoms with van der Waals surface area (Å²) < 4.78 is 32.8. The summed E-state index contributed by atoms with van der Waals surface area (Å²) in [6, 6.07) is 10.2. The quantitative estimate of drug-likeness (QED) is 0.901.